The number of carbonyl (C=O) groups excluding carboxylic acids is 1. The lowest BCUT2D eigenvalue weighted by molar-refractivity contribution is 0.101. The van der Waals surface area contributed by atoms with Crippen molar-refractivity contribution in [2.24, 2.45) is 0 Å². The van der Waals surface area contributed by atoms with Gasteiger partial charge >= 0.3 is 0 Å². The van der Waals surface area contributed by atoms with E-state index in [1.54, 1.807) is 6.92 Å². The molecule has 2 aromatic carbocycles. The van der Waals surface area contributed by atoms with E-state index in [4.69, 9.17) is 4.74 Å². The van der Waals surface area contributed by atoms with Crippen molar-refractivity contribution in [3.63, 3.8) is 0 Å². The summed E-state index contributed by atoms with van der Waals surface area (Å²) in [6.45, 7) is 5.61. The van der Waals surface area contributed by atoms with Crippen LogP contribution >= 0.6 is 0 Å². The lowest BCUT2D eigenvalue weighted by atomic mass is 10.1. The number of nitrogens with zero attached hydrogens (tertiary/aromatic N) is 1. The maximum absolute atomic E-state index is 13.1. The first kappa shape index (κ1) is 17.6. The van der Waals surface area contributed by atoms with Crippen molar-refractivity contribution in [3.8, 4) is 5.75 Å². The summed E-state index contributed by atoms with van der Waals surface area (Å²) in [5, 5.41) is 0. The van der Waals surface area contributed by atoms with Crippen LogP contribution in [0.5, 0.6) is 5.75 Å². The molecular formula is C21H24FNO2. The number of ether oxygens (including phenoxy) is 1. The zero-order valence-corrected chi connectivity index (χ0v) is 14.8. The lowest BCUT2D eigenvalue weighted by Gasteiger charge is -2.24. The standard InChI is InChI=1S/C21H24FNO2/c1-3-25-21-11-6-17(15(2)24)12-18(21)14-23(20-9-10-20)13-16-4-7-19(22)8-5-16/h4-8,11-12,20H,3,9-10,13-14H2,1-2H3. The van der Waals surface area contributed by atoms with Crippen LogP contribution in [0.2, 0.25) is 0 Å². The lowest BCUT2D eigenvalue weighted by Crippen LogP contribution is -2.25. The Morgan fingerprint density at radius 3 is 2.48 bits per heavy atom. The molecular weight excluding hydrogens is 317 g/mol. The fraction of sp³-hybridized carbons (Fsp3) is 0.381. The molecule has 0 bridgehead atoms. The third kappa shape index (κ3) is 4.67. The maximum Gasteiger partial charge on any atom is 0.159 e. The second-order valence-corrected chi connectivity index (χ2v) is 6.57. The van der Waals surface area contributed by atoms with Crippen molar-refractivity contribution in [1.82, 2.24) is 4.90 Å². The van der Waals surface area contributed by atoms with Crippen molar-refractivity contribution < 1.29 is 13.9 Å². The van der Waals surface area contributed by atoms with E-state index in [1.165, 1.54) is 25.0 Å². The van der Waals surface area contributed by atoms with Gasteiger partial charge in [-0.1, -0.05) is 12.1 Å². The van der Waals surface area contributed by atoms with Crippen LogP contribution in [0.1, 0.15) is 48.2 Å². The van der Waals surface area contributed by atoms with Gasteiger partial charge in [0.15, 0.2) is 5.78 Å². The van der Waals surface area contributed by atoms with Gasteiger partial charge in [0, 0.05) is 30.3 Å². The number of benzene rings is 2. The molecule has 0 unspecified atom stereocenters. The Labute approximate surface area is 148 Å². The molecule has 3 nitrogen and oxygen atoms in total. The van der Waals surface area contributed by atoms with Crippen LogP contribution in [-0.4, -0.2) is 23.3 Å². The highest BCUT2D eigenvalue weighted by Crippen LogP contribution is 2.32. The predicted molar refractivity (Wildman–Crippen MR) is 96.3 cm³/mol. The summed E-state index contributed by atoms with van der Waals surface area (Å²) in [4.78, 5) is 14.1. The van der Waals surface area contributed by atoms with Gasteiger partial charge in [0.25, 0.3) is 0 Å². The normalized spacial score (nSPS) is 13.9. The Bertz CT molecular complexity index is 738. The topological polar surface area (TPSA) is 29.5 Å². The van der Waals surface area contributed by atoms with Crippen molar-refractivity contribution in [1.29, 1.82) is 0 Å². The number of Topliss-reactive ketones (excluding diaryl/α,β-unsaturated/α-hetero) is 1. The second kappa shape index (κ2) is 7.79. The summed E-state index contributed by atoms with van der Waals surface area (Å²) in [5.74, 6) is 0.674. The first-order valence-electron chi connectivity index (χ1n) is 8.82. The highest BCUT2D eigenvalue weighted by molar-refractivity contribution is 5.94. The average molecular weight is 341 g/mol. The van der Waals surface area contributed by atoms with Crippen LogP contribution in [0, 0.1) is 5.82 Å². The molecule has 1 fully saturated rings. The minimum absolute atomic E-state index is 0.0563. The minimum Gasteiger partial charge on any atom is -0.494 e. The zero-order valence-electron chi connectivity index (χ0n) is 14.8. The van der Waals surface area contributed by atoms with Crippen LogP contribution < -0.4 is 4.74 Å². The maximum atomic E-state index is 13.1. The molecule has 0 N–H and O–H groups in total. The van der Waals surface area contributed by atoms with Gasteiger partial charge in [0.05, 0.1) is 6.61 Å². The minimum atomic E-state index is -0.213. The number of ketones is 1. The Hall–Kier alpha value is -2.20. The summed E-state index contributed by atoms with van der Waals surface area (Å²) >= 11 is 0. The monoisotopic (exact) mass is 341 g/mol. The molecule has 1 aliphatic carbocycles. The molecule has 2 aromatic rings. The molecule has 3 rings (SSSR count). The fourth-order valence-electron chi connectivity index (χ4n) is 3.02. The molecule has 0 amide bonds. The number of halogens is 1. The first-order chi connectivity index (χ1) is 12.1. The molecule has 0 aliphatic heterocycles. The van der Waals surface area contributed by atoms with Crippen LogP contribution in [0.15, 0.2) is 42.5 Å². The summed E-state index contributed by atoms with van der Waals surface area (Å²) in [6, 6.07) is 12.9. The first-order valence-corrected chi connectivity index (χ1v) is 8.82. The van der Waals surface area contributed by atoms with Crippen LogP contribution in [-0.2, 0) is 13.1 Å². The van der Waals surface area contributed by atoms with Crippen LogP contribution in [0.4, 0.5) is 4.39 Å². The quantitative estimate of drug-likeness (QED) is 0.658. The van der Waals surface area contributed by atoms with Gasteiger partial charge in [0.2, 0.25) is 0 Å². The van der Waals surface area contributed by atoms with E-state index in [9.17, 15) is 9.18 Å². The summed E-state index contributed by atoms with van der Waals surface area (Å²) in [6.07, 6.45) is 2.36. The van der Waals surface area contributed by atoms with E-state index < -0.39 is 0 Å². The summed E-state index contributed by atoms with van der Waals surface area (Å²) in [5.41, 5.74) is 2.83. The number of carbonyl (C=O) groups is 1. The van der Waals surface area contributed by atoms with Crippen molar-refractivity contribution in [2.45, 2.75) is 45.8 Å². The Morgan fingerprint density at radius 1 is 1.16 bits per heavy atom. The largest absolute Gasteiger partial charge is 0.494 e. The highest BCUT2D eigenvalue weighted by atomic mass is 19.1. The number of rotatable bonds is 8. The molecule has 4 heteroatoms. The predicted octanol–water partition coefficient (Wildman–Crippen LogP) is 4.59. The van der Waals surface area contributed by atoms with E-state index >= 15 is 0 Å². The molecule has 1 aliphatic rings. The molecule has 25 heavy (non-hydrogen) atoms. The average Bonchev–Trinajstić information content (AvgIpc) is 3.42. The third-order valence-corrected chi connectivity index (χ3v) is 4.50. The molecule has 0 atom stereocenters. The molecule has 132 valence electrons. The van der Waals surface area contributed by atoms with E-state index in [1.807, 2.05) is 37.3 Å². The van der Waals surface area contributed by atoms with Gasteiger partial charge in [-0.3, -0.25) is 9.69 Å². The van der Waals surface area contributed by atoms with Gasteiger partial charge in [-0.25, -0.2) is 4.39 Å². The fourth-order valence-corrected chi connectivity index (χ4v) is 3.02. The van der Waals surface area contributed by atoms with Gasteiger partial charge in [-0.2, -0.15) is 0 Å². The van der Waals surface area contributed by atoms with Gasteiger partial charge in [-0.15, -0.1) is 0 Å². The van der Waals surface area contributed by atoms with Crippen LogP contribution in [0.3, 0.4) is 0 Å². The third-order valence-electron chi connectivity index (χ3n) is 4.50. The molecule has 0 radical (unpaired) electrons. The number of hydrogen-bond donors (Lipinski definition) is 0. The Morgan fingerprint density at radius 2 is 1.88 bits per heavy atom. The molecule has 0 heterocycles. The van der Waals surface area contributed by atoms with Crippen molar-refractivity contribution in [2.75, 3.05) is 6.61 Å². The van der Waals surface area contributed by atoms with Gasteiger partial charge in [-0.05, 0) is 62.6 Å². The van der Waals surface area contributed by atoms with E-state index in [-0.39, 0.29) is 11.6 Å². The van der Waals surface area contributed by atoms with Crippen molar-refractivity contribution in [3.05, 3.63) is 65.0 Å². The Kier molecular flexibility index (Phi) is 5.49. The highest BCUT2D eigenvalue weighted by Gasteiger charge is 2.29. The van der Waals surface area contributed by atoms with Crippen LogP contribution in [0.25, 0.3) is 0 Å². The van der Waals surface area contributed by atoms with E-state index in [2.05, 4.69) is 4.90 Å². The van der Waals surface area contributed by atoms with Crippen molar-refractivity contribution >= 4 is 5.78 Å². The molecule has 0 saturated heterocycles. The molecule has 1 saturated carbocycles. The summed E-state index contributed by atoms with van der Waals surface area (Å²) < 4.78 is 18.9. The second-order valence-electron chi connectivity index (χ2n) is 6.57. The smallest absolute Gasteiger partial charge is 0.159 e. The zero-order chi connectivity index (χ0) is 17.8. The number of hydrogen-bond acceptors (Lipinski definition) is 3. The summed E-state index contributed by atoms with van der Waals surface area (Å²) in [7, 11) is 0. The molecule has 0 aromatic heterocycles. The SMILES string of the molecule is CCOc1ccc(C(C)=O)cc1CN(Cc1ccc(F)cc1)C1CC1. The Balaban J connectivity index is 1.82. The van der Waals surface area contributed by atoms with Gasteiger partial charge < -0.3 is 4.74 Å². The van der Waals surface area contributed by atoms with E-state index in [0.717, 1.165) is 30.0 Å². The van der Waals surface area contributed by atoms with Gasteiger partial charge in [0.1, 0.15) is 11.6 Å². The van der Waals surface area contributed by atoms with E-state index in [0.29, 0.717) is 18.2 Å². The molecule has 0 spiro atoms.